The average Bonchev–Trinajstić information content (AvgIpc) is 2.44. The second-order valence-electron chi connectivity index (χ2n) is 5.86. The molecule has 0 fully saturated rings. The van der Waals surface area contributed by atoms with Crippen molar-refractivity contribution in [2.75, 3.05) is 0 Å². The van der Waals surface area contributed by atoms with Crippen LogP contribution in [-0.2, 0) is 14.3 Å². The molecule has 0 saturated heterocycles. The van der Waals surface area contributed by atoms with Gasteiger partial charge in [0, 0.05) is 0 Å². The fourth-order valence-corrected chi connectivity index (χ4v) is 2.33. The third-order valence-corrected chi connectivity index (χ3v) is 3.73. The fraction of sp³-hybridized carbons (Fsp3) is 0.882. The number of carboxylic acids is 1. The van der Waals surface area contributed by atoms with Crippen LogP contribution in [0, 0.1) is 5.92 Å². The van der Waals surface area contributed by atoms with Gasteiger partial charge in [-0.1, -0.05) is 65.7 Å². The van der Waals surface area contributed by atoms with Crippen molar-refractivity contribution in [3.8, 4) is 0 Å². The molecule has 0 saturated carbocycles. The van der Waals surface area contributed by atoms with Crippen molar-refractivity contribution in [1.82, 2.24) is 0 Å². The summed E-state index contributed by atoms with van der Waals surface area (Å²) in [6, 6.07) is 0. The Morgan fingerprint density at radius 2 is 1.48 bits per heavy atom. The fourth-order valence-electron chi connectivity index (χ4n) is 2.33. The summed E-state index contributed by atoms with van der Waals surface area (Å²) in [7, 11) is 0. The van der Waals surface area contributed by atoms with Gasteiger partial charge in [-0.3, -0.25) is 4.79 Å². The molecule has 0 spiro atoms. The van der Waals surface area contributed by atoms with E-state index in [9.17, 15) is 9.59 Å². The lowest BCUT2D eigenvalue weighted by Crippen LogP contribution is -2.29. The third-order valence-electron chi connectivity index (χ3n) is 3.73. The minimum absolute atomic E-state index is 0.217. The first kappa shape index (κ1) is 19.9. The number of carboxylic acid groups (broad SMARTS) is 1. The highest BCUT2D eigenvalue weighted by Crippen LogP contribution is 2.14. The molecule has 0 heterocycles. The molecule has 0 rings (SSSR count). The van der Waals surface area contributed by atoms with E-state index in [1.165, 1.54) is 25.7 Å². The zero-order valence-corrected chi connectivity index (χ0v) is 13.9. The van der Waals surface area contributed by atoms with Crippen LogP contribution in [0.3, 0.4) is 0 Å². The van der Waals surface area contributed by atoms with Gasteiger partial charge < -0.3 is 9.84 Å². The molecular weight excluding hydrogens is 268 g/mol. The van der Waals surface area contributed by atoms with E-state index in [2.05, 4.69) is 6.92 Å². The zero-order chi connectivity index (χ0) is 16.1. The molecule has 2 atom stereocenters. The van der Waals surface area contributed by atoms with E-state index in [-0.39, 0.29) is 11.9 Å². The molecule has 4 nitrogen and oxygen atoms in total. The Kier molecular flexibility index (Phi) is 12.0. The number of esters is 1. The highest BCUT2D eigenvalue weighted by atomic mass is 16.6. The lowest BCUT2D eigenvalue weighted by Gasteiger charge is -2.16. The Labute approximate surface area is 129 Å². The SMILES string of the molecule is CCCCCCCCCC(OC(=O)C(C)CCC)C(=O)O. The summed E-state index contributed by atoms with van der Waals surface area (Å²) in [6.07, 6.45) is 8.98. The summed E-state index contributed by atoms with van der Waals surface area (Å²) in [4.78, 5) is 22.9. The van der Waals surface area contributed by atoms with Crippen LogP contribution in [0.2, 0.25) is 0 Å². The maximum absolute atomic E-state index is 11.8. The van der Waals surface area contributed by atoms with Gasteiger partial charge in [0.15, 0.2) is 6.10 Å². The molecule has 124 valence electrons. The predicted octanol–water partition coefficient (Wildman–Crippen LogP) is 4.56. The molecule has 4 heteroatoms. The molecule has 1 N–H and O–H groups in total. The maximum Gasteiger partial charge on any atom is 0.345 e. The number of hydrogen-bond acceptors (Lipinski definition) is 3. The molecule has 0 aliphatic carbocycles. The van der Waals surface area contributed by atoms with Crippen molar-refractivity contribution < 1.29 is 19.4 Å². The lowest BCUT2D eigenvalue weighted by molar-refractivity contribution is -0.167. The molecule has 0 aromatic carbocycles. The van der Waals surface area contributed by atoms with Crippen LogP contribution in [0.5, 0.6) is 0 Å². The second kappa shape index (κ2) is 12.7. The molecule has 0 aliphatic heterocycles. The third kappa shape index (κ3) is 10.3. The first-order valence-electron chi connectivity index (χ1n) is 8.46. The highest BCUT2D eigenvalue weighted by molar-refractivity contribution is 5.78. The van der Waals surface area contributed by atoms with Crippen LogP contribution < -0.4 is 0 Å². The van der Waals surface area contributed by atoms with Crippen molar-refractivity contribution >= 4 is 11.9 Å². The molecule has 0 bridgehead atoms. The summed E-state index contributed by atoms with van der Waals surface area (Å²) in [5.74, 6) is -1.63. The molecular formula is C17H32O4. The number of carbonyl (C=O) groups excluding carboxylic acids is 1. The second-order valence-corrected chi connectivity index (χ2v) is 5.86. The van der Waals surface area contributed by atoms with Crippen LogP contribution in [0.4, 0.5) is 0 Å². The quantitative estimate of drug-likeness (QED) is 0.400. The Morgan fingerprint density at radius 3 is 2.00 bits per heavy atom. The Balaban J connectivity index is 3.92. The van der Waals surface area contributed by atoms with Crippen LogP contribution >= 0.6 is 0 Å². The summed E-state index contributed by atoms with van der Waals surface area (Å²) < 4.78 is 5.13. The molecule has 21 heavy (non-hydrogen) atoms. The summed E-state index contributed by atoms with van der Waals surface area (Å²) >= 11 is 0. The van der Waals surface area contributed by atoms with E-state index in [4.69, 9.17) is 9.84 Å². The smallest absolute Gasteiger partial charge is 0.345 e. The van der Waals surface area contributed by atoms with Crippen molar-refractivity contribution in [1.29, 1.82) is 0 Å². The van der Waals surface area contributed by atoms with Gasteiger partial charge in [-0.25, -0.2) is 4.79 Å². The van der Waals surface area contributed by atoms with E-state index >= 15 is 0 Å². The van der Waals surface area contributed by atoms with E-state index < -0.39 is 12.1 Å². The van der Waals surface area contributed by atoms with Crippen LogP contribution in [-0.4, -0.2) is 23.1 Å². The zero-order valence-electron chi connectivity index (χ0n) is 13.9. The molecule has 0 radical (unpaired) electrons. The summed E-state index contributed by atoms with van der Waals surface area (Å²) in [5.41, 5.74) is 0. The van der Waals surface area contributed by atoms with Gasteiger partial charge in [-0.05, 0) is 19.3 Å². The van der Waals surface area contributed by atoms with Crippen molar-refractivity contribution in [2.24, 2.45) is 5.92 Å². The number of hydrogen-bond donors (Lipinski definition) is 1. The maximum atomic E-state index is 11.8. The number of unbranched alkanes of at least 4 members (excludes halogenated alkanes) is 6. The monoisotopic (exact) mass is 300 g/mol. The Bertz CT molecular complexity index is 289. The van der Waals surface area contributed by atoms with Gasteiger partial charge in [-0.15, -0.1) is 0 Å². The normalized spacial score (nSPS) is 13.7. The minimum Gasteiger partial charge on any atom is -0.479 e. The van der Waals surface area contributed by atoms with Gasteiger partial charge in [-0.2, -0.15) is 0 Å². The van der Waals surface area contributed by atoms with E-state index in [1.807, 2.05) is 6.92 Å². The molecule has 0 aromatic rings. The number of carbonyl (C=O) groups is 2. The van der Waals surface area contributed by atoms with Gasteiger partial charge >= 0.3 is 11.9 Å². The van der Waals surface area contributed by atoms with Gasteiger partial charge in [0.1, 0.15) is 0 Å². The number of aliphatic carboxylic acids is 1. The van der Waals surface area contributed by atoms with Crippen LogP contribution in [0.15, 0.2) is 0 Å². The first-order valence-corrected chi connectivity index (χ1v) is 8.46. The topological polar surface area (TPSA) is 63.6 Å². The van der Waals surface area contributed by atoms with Gasteiger partial charge in [0.25, 0.3) is 0 Å². The largest absolute Gasteiger partial charge is 0.479 e. The lowest BCUT2D eigenvalue weighted by atomic mass is 10.1. The Morgan fingerprint density at radius 1 is 0.905 bits per heavy atom. The van der Waals surface area contributed by atoms with E-state index in [0.717, 1.165) is 32.1 Å². The van der Waals surface area contributed by atoms with E-state index in [0.29, 0.717) is 6.42 Å². The minimum atomic E-state index is -1.03. The predicted molar refractivity (Wildman–Crippen MR) is 84.2 cm³/mol. The van der Waals surface area contributed by atoms with Crippen molar-refractivity contribution in [2.45, 2.75) is 91.1 Å². The van der Waals surface area contributed by atoms with E-state index in [1.54, 1.807) is 6.92 Å². The molecule has 0 amide bonds. The number of rotatable bonds is 13. The van der Waals surface area contributed by atoms with Gasteiger partial charge in [0.05, 0.1) is 5.92 Å². The highest BCUT2D eigenvalue weighted by Gasteiger charge is 2.24. The first-order chi connectivity index (χ1) is 10.0. The molecule has 0 aromatic heterocycles. The standard InChI is InChI=1S/C17H32O4/c1-4-6-7-8-9-10-11-13-15(16(18)19)21-17(20)14(3)12-5-2/h14-15H,4-13H2,1-3H3,(H,18,19). The Hall–Kier alpha value is -1.06. The summed E-state index contributed by atoms with van der Waals surface area (Å²) in [6.45, 7) is 5.97. The number of ether oxygens (including phenoxy) is 1. The summed E-state index contributed by atoms with van der Waals surface area (Å²) in [5, 5.41) is 9.13. The van der Waals surface area contributed by atoms with Gasteiger partial charge in [0.2, 0.25) is 0 Å². The van der Waals surface area contributed by atoms with Crippen molar-refractivity contribution in [3.63, 3.8) is 0 Å². The average molecular weight is 300 g/mol. The molecule has 0 aliphatic rings. The van der Waals surface area contributed by atoms with Crippen LogP contribution in [0.25, 0.3) is 0 Å². The van der Waals surface area contributed by atoms with Crippen molar-refractivity contribution in [3.05, 3.63) is 0 Å². The molecule has 2 unspecified atom stereocenters. The van der Waals surface area contributed by atoms with Crippen LogP contribution in [0.1, 0.15) is 85.0 Å².